The molecule has 0 radical (unpaired) electrons. The molecule has 0 unspecified atom stereocenters. The number of hydrogen-bond acceptors (Lipinski definition) is 5. The molecule has 1 heterocycles. The van der Waals surface area contributed by atoms with Crippen LogP contribution in [0.4, 0.5) is 5.13 Å². The second-order valence-corrected chi connectivity index (χ2v) is 7.32. The van der Waals surface area contributed by atoms with Crippen molar-refractivity contribution in [3.63, 3.8) is 0 Å². The maximum absolute atomic E-state index is 12.2. The highest BCUT2D eigenvalue weighted by molar-refractivity contribution is 7.13. The predicted octanol–water partition coefficient (Wildman–Crippen LogP) is 6.43. The van der Waals surface area contributed by atoms with E-state index in [-0.39, 0.29) is 0 Å². The third kappa shape index (κ3) is 4.77. The highest BCUT2D eigenvalue weighted by Crippen LogP contribution is 2.26. The quantitative estimate of drug-likeness (QED) is 0.213. The van der Waals surface area contributed by atoms with E-state index < -0.39 is 5.97 Å². The largest absolute Gasteiger partial charge is 0.423 e. The molecule has 0 N–H and O–H groups in total. The van der Waals surface area contributed by atoms with Gasteiger partial charge in [0, 0.05) is 17.2 Å². The first-order valence-electron chi connectivity index (χ1n) is 8.81. The molecule has 0 aliphatic rings. The normalized spacial score (nSPS) is 10.9. The molecule has 6 heteroatoms. The molecule has 0 bridgehead atoms. The fourth-order valence-electron chi connectivity index (χ4n) is 2.61. The number of thiazole rings is 1. The third-order valence-electron chi connectivity index (χ3n) is 4.07. The first-order chi connectivity index (χ1) is 14.2. The molecule has 0 fully saturated rings. The number of halogens is 1. The Labute approximate surface area is 177 Å². The Morgan fingerprint density at radius 2 is 1.69 bits per heavy atom. The molecule has 142 valence electrons. The van der Waals surface area contributed by atoms with Crippen LogP contribution < -0.4 is 4.74 Å². The van der Waals surface area contributed by atoms with Gasteiger partial charge in [-0.1, -0.05) is 54.1 Å². The molecule has 0 aliphatic heterocycles. The van der Waals surface area contributed by atoms with Gasteiger partial charge in [0.05, 0.1) is 16.3 Å². The summed E-state index contributed by atoms with van der Waals surface area (Å²) in [6.07, 6.45) is 1.73. The van der Waals surface area contributed by atoms with Gasteiger partial charge in [-0.25, -0.2) is 14.8 Å². The molecular weight excluding hydrogens is 404 g/mol. The Morgan fingerprint density at radius 1 is 0.966 bits per heavy atom. The molecule has 3 aromatic carbocycles. The average molecular weight is 419 g/mol. The van der Waals surface area contributed by atoms with E-state index >= 15 is 0 Å². The summed E-state index contributed by atoms with van der Waals surface area (Å²) >= 11 is 7.51. The molecule has 0 saturated carbocycles. The number of ether oxygens (including phenoxy) is 1. The first-order valence-corrected chi connectivity index (χ1v) is 10.1. The van der Waals surface area contributed by atoms with Crippen molar-refractivity contribution in [2.75, 3.05) is 0 Å². The van der Waals surface area contributed by atoms with Crippen LogP contribution in [0.2, 0.25) is 5.02 Å². The van der Waals surface area contributed by atoms with E-state index in [1.807, 2.05) is 47.8 Å². The minimum atomic E-state index is -0.492. The lowest BCUT2D eigenvalue weighted by molar-refractivity contribution is 0.0735. The molecule has 0 aliphatic carbocycles. The van der Waals surface area contributed by atoms with Crippen LogP contribution in [0.25, 0.3) is 11.3 Å². The number of hydrogen-bond donors (Lipinski definition) is 0. The van der Waals surface area contributed by atoms with Crippen LogP contribution in [-0.2, 0) is 0 Å². The lowest BCUT2D eigenvalue weighted by Gasteiger charge is -2.05. The number of carbonyl (C=O) groups is 1. The Balaban J connectivity index is 1.41. The number of esters is 1. The van der Waals surface area contributed by atoms with Crippen LogP contribution in [-0.4, -0.2) is 17.2 Å². The number of aromatic nitrogens is 1. The van der Waals surface area contributed by atoms with Crippen molar-refractivity contribution < 1.29 is 9.53 Å². The standard InChI is InChI=1S/C23H15ClN2O2S/c24-20-9-5-4-8-19(20)22(27)28-18-12-10-16(11-13-18)14-25-23-26-21(15-29-23)17-6-2-1-3-7-17/h1-15H/b25-14+. The van der Waals surface area contributed by atoms with Crippen molar-refractivity contribution in [1.82, 2.24) is 4.98 Å². The fourth-order valence-corrected chi connectivity index (χ4v) is 3.49. The van der Waals surface area contributed by atoms with Gasteiger partial charge in [-0.3, -0.25) is 0 Å². The predicted molar refractivity (Wildman–Crippen MR) is 118 cm³/mol. The Morgan fingerprint density at radius 3 is 2.45 bits per heavy atom. The smallest absolute Gasteiger partial charge is 0.345 e. The minimum absolute atomic E-state index is 0.331. The van der Waals surface area contributed by atoms with Crippen molar-refractivity contribution in [2.45, 2.75) is 0 Å². The fraction of sp³-hybridized carbons (Fsp3) is 0. The van der Waals surface area contributed by atoms with Crippen LogP contribution in [0.1, 0.15) is 15.9 Å². The van der Waals surface area contributed by atoms with E-state index in [1.54, 1.807) is 42.6 Å². The zero-order valence-electron chi connectivity index (χ0n) is 15.2. The summed E-state index contributed by atoms with van der Waals surface area (Å²) in [5, 5.41) is 3.02. The van der Waals surface area contributed by atoms with E-state index in [0.717, 1.165) is 16.8 Å². The third-order valence-corrected chi connectivity index (χ3v) is 5.15. The molecule has 4 aromatic rings. The lowest BCUT2D eigenvalue weighted by Crippen LogP contribution is -2.08. The molecule has 0 atom stereocenters. The maximum atomic E-state index is 12.2. The topological polar surface area (TPSA) is 51.5 Å². The SMILES string of the molecule is O=C(Oc1ccc(/C=N/c2nc(-c3ccccc3)cs2)cc1)c1ccccc1Cl. The average Bonchev–Trinajstić information content (AvgIpc) is 3.23. The summed E-state index contributed by atoms with van der Waals surface area (Å²) in [6, 6.07) is 23.8. The molecule has 4 nitrogen and oxygen atoms in total. The Kier molecular flexibility index (Phi) is 5.79. The summed E-state index contributed by atoms with van der Waals surface area (Å²) in [7, 11) is 0. The number of carbonyl (C=O) groups excluding carboxylic acids is 1. The molecular formula is C23H15ClN2O2S. The van der Waals surface area contributed by atoms with Gasteiger partial charge in [0.2, 0.25) is 5.13 Å². The van der Waals surface area contributed by atoms with Crippen molar-refractivity contribution in [3.8, 4) is 17.0 Å². The van der Waals surface area contributed by atoms with Crippen LogP contribution in [0.5, 0.6) is 5.75 Å². The van der Waals surface area contributed by atoms with Crippen molar-refractivity contribution in [3.05, 3.63) is 100 Å². The molecule has 29 heavy (non-hydrogen) atoms. The molecule has 0 saturated heterocycles. The van der Waals surface area contributed by atoms with Gasteiger partial charge in [-0.15, -0.1) is 11.3 Å². The van der Waals surface area contributed by atoms with Crippen molar-refractivity contribution >= 4 is 40.3 Å². The van der Waals surface area contributed by atoms with Crippen LogP contribution in [0, 0.1) is 0 Å². The van der Waals surface area contributed by atoms with E-state index in [9.17, 15) is 4.79 Å². The first kappa shape index (κ1) is 19.1. The van der Waals surface area contributed by atoms with Crippen LogP contribution in [0.3, 0.4) is 0 Å². The van der Waals surface area contributed by atoms with Crippen molar-refractivity contribution in [1.29, 1.82) is 0 Å². The highest BCUT2D eigenvalue weighted by atomic mass is 35.5. The van der Waals surface area contributed by atoms with Gasteiger partial charge in [-0.05, 0) is 42.0 Å². The highest BCUT2D eigenvalue weighted by Gasteiger charge is 2.12. The number of aliphatic imine (C=N–C) groups is 1. The van der Waals surface area contributed by atoms with Gasteiger partial charge in [0.15, 0.2) is 0 Å². The second kappa shape index (κ2) is 8.82. The van der Waals surface area contributed by atoms with E-state index in [2.05, 4.69) is 9.98 Å². The monoisotopic (exact) mass is 418 g/mol. The molecule has 1 aromatic heterocycles. The van der Waals surface area contributed by atoms with E-state index in [4.69, 9.17) is 16.3 Å². The van der Waals surface area contributed by atoms with Crippen LogP contribution >= 0.6 is 22.9 Å². The Bertz CT molecular complexity index is 1150. The number of rotatable bonds is 5. The summed E-state index contributed by atoms with van der Waals surface area (Å²) in [4.78, 5) is 21.2. The summed E-state index contributed by atoms with van der Waals surface area (Å²) in [5.74, 6) is -0.0547. The molecule has 0 amide bonds. The molecule has 0 spiro atoms. The van der Waals surface area contributed by atoms with Gasteiger partial charge >= 0.3 is 5.97 Å². The molecule has 4 rings (SSSR count). The van der Waals surface area contributed by atoms with Gasteiger partial charge in [0.1, 0.15) is 5.75 Å². The number of nitrogens with zero attached hydrogens (tertiary/aromatic N) is 2. The zero-order valence-corrected chi connectivity index (χ0v) is 16.7. The zero-order chi connectivity index (χ0) is 20.1. The summed E-state index contributed by atoms with van der Waals surface area (Å²) in [5.41, 5.74) is 3.18. The van der Waals surface area contributed by atoms with Crippen molar-refractivity contribution in [2.24, 2.45) is 4.99 Å². The summed E-state index contributed by atoms with van der Waals surface area (Å²) < 4.78 is 5.37. The van der Waals surface area contributed by atoms with Gasteiger partial charge in [-0.2, -0.15) is 0 Å². The van der Waals surface area contributed by atoms with Gasteiger partial charge < -0.3 is 4.74 Å². The lowest BCUT2D eigenvalue weighted by atomic mass is 10.2. The second-order valence-electron chi connectivity index (χ2n) is 6.08. The van der Waals surface area contributed by atoms with E-state index in [1.165, 1.54) is 11.3 Å². The van der Waals surface area contributed by atoms with Crippen LogP contribution in [0.15, 0.2) is 89.2 Å². The van der Waals surface area contributed by atoms with E-state index in [0.29, 0.717) is 21.5 Å². The van der Waals surface area contributed by atoms with Gasteiger partial charge in [0.25, 0.3) is 0 Å². The maximum Gasteiger partial charge on any atom is 0.345 e. The Hall–Kier alpha value is -3.28. The summed E-state index contributed by atoms with van der Waals surface area (Å²) in [6.45, 7) is 0. The number of benzene rings is 3. The minimum Gasteiger partial charge on any atom is -0.423 e.